The van der Waals surface area contributed by atoms with Crippen LogP contribution in [0.1, 0.15) is 13.3 Å². The maximum Gasteiger partial charge on any atom is 0.0473 e. The molecule has 0 saturated carbocycles. The third-order valence-corrected chi connectivity index (χ3v) is 2.25. The molecular formula is C9H10Cl2. The summed E-state index contributed by atoms with van der Waals surface area (Å²) in [6.07, 6.45) is 6.69. The molecule has 0 amide bonds. The lowest BCUT2D eigenvalue weighted by Crippen LogP contribution is -1.85. The smallest absolute Gasteiger partial charge is 0.0473 e. The molecule has 0 aliphatic heterocycles. The monoisotopic (exact) mass is 188 g/mol. The van der Waals surface area contributed by atoms with E-state index in [1.807, 2.05) is 18.2 Å². The highest BCUT2D eigenvalue weighted by molar-refractivity contribution is 6.30. The summed E-state index contributed by atoms with van der Waals surface area (Å²) in [5.41, 5.74) is 2.44. The van der Waals surface area contributed by atoms with Gasteiger partial charge in [0.15, 0.2) is 0 Å². The van der Waals surface area contributed by atoms with Gasteiger partial charge in [0.05, 0.1) is 0 Å². The highest BCUT2D eigenvalue weighted by Crippen LogP contribution is 2.22. The Hall–Kier alpha value is -0.200. The minimum Gasteiger partial charge on any atom is -0.122 e. The Morgan fingerprint density at radius 1 is 1.55 bits per heavy atom. The first-order chi connectivity index (χ1) is 5.24. The van der Waals surface area contributed by atoms with Crippen LogP contribution in [0, 0.1) is 0 Å². The minimum atomic E-state index is 0.570. The Bertz CT molecular complexity index is 234. The van der Waals surface area contributed by atoms with Gasteiger partial charge in [-0.1, -0.05) is 29.3 Å². The van der Waals surface area contributed by atoms with Crippen LogP contribution in [0.25, 0.3) is 0 Å². The van der Waals surface area contributed by atoms with Crippen LogP contribution in [0.2, 0.25) is 0 Å². The molecule has 0 saturated heterocycles. The van der Waals surface area contributed by atoms with Crippen molar-refractivity contribution in [3.63, 3.8) is 0 Å². The van der Waals surface area contributed by atoms with Crippen molar-refractivity contribution in [2.45, 2.75) is 13.3 Å². The van der Waals surface area contributed by atoms with E-state index in [4.69, 9.17) is 23.2 Å². The standard InChI is InChI=1S/C9H10Cl2/c1-7-5-9(11)4-2-3-8(7)6-10/h2-4H,5-6H2,1H3. The molecule has 0 bridgehead atoms. The van der Waals surface area contributed by atoms with Gasteiger partial charge in [0, 0.05) is 17.3 Å². The van der Waals surface area contributed by atoms with Crippen molar-refractivity contribution >= 4 is 23.2 Å². The fraction of sp³-hybridized carbons (Fsp3) is 0.333. The summed E-state index contributed by atoms with van der Waals surface area (Å²) in [6, 6.07) is 0. The minimum absolute atomic E-state index is 0.570. The number of rotatable bonds is 1. The fourth-order valence-electron chi connectivity index (χ4n) is 0.995. The van der Waals surface area contributed by atoms with Crippen molar-refractivity contribution in [2.75, 3.05) is 5.88 Å². The van der Waals surface area contributed by atoms with Crippen LogP contribution in [0.3, 0.4) is 0 Å². The van der Waals surface area contributed by atoms with Crippen LogP contribution in [-0.4, -0.2) is 5.88 Å². The largest absolute Gasteiger partial charge is 0.122 e. The number of alkyl halides is 1. The molecule has 0 N–H and O–H groups in total. The van der Waals surface area contributed by atoms with E-state index in [9.17, 15) is 0 Å². The SMILES string of the molecule is CC1=C(CCl)C=CC=C(Cl)C1. The Kier molecular flexibility index (Phi) is 3.22. The van der Waals surface area contributed by atoms with E-state index in [0.717, 1.165) is 11.5 Å². The molecule has 0 aromatic rings. The average Bonchev–Trinajstić information content (AvgIpc) is 2.11. The second kappa shape index (κ2) is 3.99. The number of hydrogen-bond acceptors (Lipinski definition) is 0. The molecule has 0 radical (unpaired) electrons. The van der Waals surface area contributed by atoms with E-state index in [-0.39, 0.29) is 0 Å². The highest BCUT2D eigenvalue weighted by Gasteiger charge is 2.02. The van der Waals surface area contributed by atoms with Gasteiger partial charge < -0.3 is 0 Å². The van der Waals surface area contributed by atoms with E-state index in [1.165, 1.54) is 11.1 Å². The van der Waals surface area contributed by atoms with Gasteiger partial charge in [0.2, 0.25) is 0 Å². The van der Waals surface area contributed by atoms with Crippen molar-refractivity contribution in [1.82, 2.24) is 0 Å². The molecule has 0 atom stereocenters. The molecule has 0 spiro atoms. The molecule has 1 aliphatic carbocycles. The highest BCUT2D eigenvalue weighted by atomic mass is 35.5. The molecule has 1 aliphatic rings. The molecule has 11 heavy (non-hydrogen) atoms. The Balaban J connectivity index is 2.88. The molecule has 0 aromatic heterocycles. The van der Waals surface area contributed by atoms with Gasteiger partial charge in [0.25, 0.3) is 0 Å². The normalized spacial score (nSPS) is 18.3. The first-order valence-electron chi connectivity index (χ1n) is 3.51. The summed E-state index contributed by atoms with van der Waals surface area (Å²) in [5.74, 6) is 0.570. The van der Waals surface area contributed by atoms with E-state index < -0.39 is 0 Å². The van der Waals surface area contributed by atoms with E-state index >= 15 is 0 Å². The third-order valence-electron chi connectivity index (χ3n) is 1.70. The first kappa shape index (κ1) is 8.89. The first-order valence-corrected chi connectivity index (χ1v) is 4.42. The molecule has 0 nitrogen and oxygen atoms in total. The molecule has 60 valence electrons. The van der Waals surface area contributed by atoms with Crippen molar-refractivity contribution < 1.29 is 0 Å². The van der Waals surface area contributed by atoms with Gasteiger partial charge >= 0.3 is 0 Å². The summed E-state index contributed by atoms with van der Waals surface area (Å²) in [5, 5.41) is 0.874. The molecule has 0 unspecified atom stereocenters. The zero-order valence-electron chi connectivity index (χ0n) is 6.40. The number of halogens is 2. The predicted octanol–water partition coefficient (Wildman–Crippen LogP) is 3.62. The van der Waals surface area contributed by atoms with Crippen LogP contribution in [0.4, 0.5) is 0 Å². The van der Waals surface area contributed by atoms with Crippen LogP contribution >= 0.6 is 23.2 Å². The van der Waals surface area contributed by atoms with Gasteiger partial charge in [-0.25, -0.2) is 0 Å². The van der Waals surface area contributed by atoms with Crippen LogP contribution in [0.5, 0.6) is 0 Å². The Morgan fingerprint density at radius 3 is 2.91 bits per heavy atom. The van der Waals surface area contributed by atoms with Crippen LogP contribution < -0.4 is 0 Å². The lowest BCUT2D eigenvalue weighted by Gasteiger charge is -2.01. The van der Waals surface area contributed by atoms with E-state index in [1.54, 1.807) is 0 Å². The maximum atomic E-state index is 5.87. The lowest BCUT2D eigenvalue weighted by atomic mass is 10.1. The topological polar surface area (TPSA) is 0 Å². The number of allylic oxidation sites excluding steroid dienone is 6. The molecule has 1 rings (SSSR count). The Morgan fingerprint density at radius 2 is 2.27 bits per heavy atom. The quantitative estimate of drug-likeness (QED) is 0.552. The summed E-state index contributed by atoms with van der Waals surface area (Å²) in [6.45, 7) is 2.06. The summed E-state index contributed by atoms with van der Waals surface area (Å²) in [4.78, 5) is 0. The second-order valence-electron chi connectivity index (χ2n) is 2.59. The molecule has 0 fully saturated rings. The molecule has 2 heteroatoms. The summed E-state index contributed by atoms with van der Waals surface area (Å²) in [7, 11) is 0. The zero-order chi connectivity index (χ0) is 8.27. The maximum absolute atomic E-state index is 5.87. The lowest BCUT2D eigenvalue weighted by molar-refractivity contribution is 1.16. The second-order valence-corrected chi connectivity index (χ2v) is 3.34. The average molecular weight is 189 g/mol. The van der Waals surface area contributed by atoms with E-state index in [0.29, 0.717) is 5.88 Å². The third kappa shape index (κ3) is 2.39. The summed E-state index contributed by atoms with van der Waals surface area (Å²) >= 11 is 11.6. The van der Waals surface area contributed by atoms with Gasteiger partial charge in [-0.3, -0.25) is 0 Å². The van der Waals surface area contributed by atoms with Gasteiger partial charge in [-0.15, -0.1) is 11.6 Å². The zero-order valence-corrected chi connectivity index (χ0v) is 7.91. The van der Waals surface area contributed by atoms with Gasteiger partial charge in [-0.2, -0.15) is 0 Å². The summed E-state index contributed by atoms with van der Waals surface area (Å²) < 4.78 is 0. The molecule has 0 aromatic carbocycles. The van der Waals surface area contributed by atoms with Gasteiger partial charge in [0.1, 0.15) is 0 Å². The van der Waals surface area contributed by atoms with Crippen molar-refractivity contribution in [1.29, 1.82) is 0 Å². The van der Waals surface area contributed by atoms with Crippen LogP contribution in [-0.2, 0) is 0 Å². The van der Waals surface area contributed by atoms with Crippen molar-refractivity contribution in [3.05, 3.63) is 34.4 Å². The number of hydrogen-bond donors (Lipinski definition) is 0. The predicted molar refractivity (Wildman–Crippen MR) is 51.1 cm³/mol. The van der Waals surface area contributed by atoms with E-state index in [2.05, 4.69) is 6.92 Å². The molecular weight excluding hydrogens is 179 g/mol. The fourth-order valence-corrected chi connectivity index (χ4v) is 1.59. The van der Waals surface area contributed by atoms with Crippen molar-refractivity contribution in [2.24, 2.45) is 0 Å². The van der Waals surface area contributed by atoms with Crippen LogP contribution in [0.15, 0.2) is 34.4 Å². The van der Waals surface area contributed by atoms with Gasteiger partial charge in [-0.05, 0) is 18.6 Å². The Labute approximate surface area is 77.2 Å². The van der Waals surface area contributed by atoms with Crippen molar-refractivity contribution in [3.8, 4) is 0 Å². The molecule has 0 heterocycles.